The summed E-state index contributed by atoms with van der Waals surface area (Å²) >= 11 is 5.19. The van der Waals surface area contributed by atoms with Crippen molar-refractivity contribution in [1.29, 1.82) is 0 Å². The molecular formula is C10H11BrFNS. The molecule has 0 unspecified atom stereocenters. The van der Waals surface area contributed by atoms with Crippen LogP contribution in [0.3, 0.4) is 0 Å². The van der Waals surface area contributed by atoms with Gasteiger partial charge in [0, 0.05) is 29.1 Å². The number of rotatable bonds is 1. The first-order chi connectivity index (χ1) is 6.77. The Morgan fingerprint density at radius 3 is 2.64 bits per heavy atom. The third-order valence-corrected chi connectivity index (χ3v) is 3.70. The van der Waals surface area contributed by atoms with E-state index in [4.69, 9.17) is 0 Å². The summed E-state index contributed by atoms with van der Waals surface area (Å²) in [5.74, 6) is 2.05. The van der Waals surface area contributed by atoms with E-state index in [1.807, 2.05) is 23.9 Å². The van der Waals surface area contributed by atoms with E-state index in [-0.39, 0.29) is 5.82 Å². The van der Waals surface area contributed by atoms with Crippen molar-refractivity contribution in [2.45, 2.75) is 0 Å². The van der Waals surface area contributed by atoms with E-state index in [9.17, 15) is 4.39 Å². The summed E-state index contributed by atoms with van der Waals surface area (Å²) in [6.45, 7) is 1.90. The molecule has 1 heterocycles. The molecule has 1 fully saturated rings. The van der Waals surface area contributed by atoms with Crippen molar-refractivity contribution < 1.29 is 4.39 Å². The maximum absolute atomic E-state index is 13.6. The summed E-state index contributed by atoms with van der Waals surface area (Å²) in [6, 6.07) is 5.26. The van der Waals surface area contributed by atoms with Gasteiger partial charge in [0.25, 0.3) is 0 Å². The molecule has 1 aromatic rings. The molecule has 1 aliphatic rings. The minimum absolute atomic E-state index is 0.133. The Labute approximate surface area is 95.8 Å². The molecule has 2 rings (SSSR count). The molecule has 0 radical (unpaired) electrons. The van der Waals surface area contributed by atoms with Crippen LogP contribution in [0.2, 0.25) is 0 Å². The first-order valence-corrected chi connectivity index (χ1v) is 6.50. The molecule has 0 amide bonds. The fourth-order valence-corrected chi connectivity index (χ4v) is 2.78. The Morgan fingerprint density at radius 2 is 2.00 bits per heavy atom. The van der Waals surface area contributed by atoms with E-state index in [0.29, 0.717) is 0 Å². The van der Waals surface area contributed by atoms with Crippen LogP contribution in [0, 0.1) is 5.82 Å². The average Bonchev–Trinajstić information content (AvgIpc) is 2.19. The standard InChI is InChI=1S/C10H11BrFNS/c11-8-1-2-10(9(12)7-8)13-3-5-14-6-4-13/h1-2,7H,3-6H2. The highest BCUT2D eigenvalue weighted by Gasteiger charge is 2.14. The van der Waals surface area contributed by atoms with E-state index in [1.54, 1.807) is 0 Å². The van der Waals surface area contributed by atoms with Gasteiger partial charge in [0.05, 0.1) is 5.69 Å². The first kappa shape index (κ1) is 10.3. The highest BCUT2D eigenvalue weighted by atomic mass is 79.9. The predicted octanol–water partition coefficient (Wildman–Crippen LogP) is 3.14. The molecule has 1 saturated heterocycles. The molecular weight excluding hydrogens is 265 g/mol. The predicted molar refractivity (Wildman–Crippen MR) is 63.6 cm³/mol. The molecule has 0 aliphatic carbocycles. The fraction of sp³-hybridized carbons (Fsp3) is 0.400. The summed E-state index contributed by atoms with van der Waals surface area (Å²) < 4.78 is 14.4. The number of hydrogen-bond donors (Lipinski definition) is 0. The lowest BCUT2D eigenvalue weighted by Crippen LogP contribution is -2.33. The van der Waals surface area contributed by atoms with Crippen molar-refractivity contribution in [2.75, 3.05) is 29.5 Å². The Kier molecular flexibility index (Phi) is 3.34. The van der Waals surface area contributed by atoms with E-state index >= 15 is 0 Å². The zero-order valence-corrected chi connectivity index (χ0v) is 10.1. The van der Waals surface area contributed by atoms with Crippen molar-refractivity contribution >= 4 is 33.4 Å². The minimum Gasteiger partial charge on any atom is -0.368 e. The van der Waals surface area contributed by atoms with Gasteiger partial charge in [0.15, 0.2) is 0 Å². The van der Waals surface area contributed by atoms with Gasteiger partial charge in [-0.3, -0.25) is 0 Å². The molecule has 1 aromatic carbocycles. The summed E-state index contributed by atoms with van der Waals surface area (Å²) in [5, 5.41) is 0. The third-order valence-electron chi connectivity index (χ3n) is 2.26. The summed E-state index contributed by atoms with van der Waals surface area (Å²) in [4.78, 5) is 2.11. The van der Waals surface area contributed by atoms with E-state index in [0.717, 1.165) is 34.8 Å². The maximum Gasteiger partial charge on any atom is 0.147 e. The van der Waals surface area contributed by atoms with Crippen LogP contribution >= 0.6 is 27.7 Å². The number of thioether (sulfide) groups is 1. The Bertz CT molecular complexity index is 326. The molecule has 0 spiro atoms. The Morgan fingerprint density at radius 1 is 1.29 bits per heavy atom. The van der Waals surface area contributed by atoms with E-state index < -0.39 is 0 Å². The number of anilines is 1. The fourth-order valence-electron chi connectivity index (χ4n) is 1.54. The summed E-state index contributed by atoms with van der Waals surface area (Å²) in [5.41, 5.74) is 0.730. The van der Waals surface area contributed by atoms with Crippen LogP contribution in [-0.2, 0) is 0 Å². The van der Waals surface area contributed by atoms with E-state index in [2.05, 4.69) is 20.8 Å². The second-order valence-electron chi connectivity index (χ2n) is 3.20. The van der Waals surface area contributed by atoms with Gasteiger partial charge in [-0.15, -0.1) is 0 Å². The average molecular weight is 276 g/mol. The summed E-state index contributed by atoms with van der Waals surface area (Å²) in [7, 11) is 0. The maximum atomic E-state index is 13.6. The SMILES string of the molecule is Fc1cc(Br)ccc1N1CCSCC1. The van der Waals surface area contributed by atoms with Crippen LogP contribution in [0.15, 0.2) is 22.7 Å². The van der Waals surface area contributed by atoms with Gasteiger partial charge in [-0.05, 0) is 18.2 Å². The van der Waals surface area contributed by atoms with Crippen LogP contribution in [0.1, 0.15) is 0 Å². The monoisotopic (exact) mass is 275 g/mol. The lowest BCUT2D eigenvalue weighted by atomic mass is 10.2. The summed E-state index contributed by atoms with van der Waals surface area (Å²) in [6.07, 6.45) is 0. The van der Waals surface area contributed by atoms with Crippen LogP contribution in [-0.4, -0.2) is 24.6 Å². The van der Waals surface area contributed by atoms with Gasteiger partial charge in [0.2, 0.25) is 0 Å². The molecule has 0 atom stereocenters. The molecule has 1 aliphatic heterocycles. The Balaban J connectivity index is 2.22. The van der Waals surface area contributed by atoms with Gasteiger partial charge in [0.1, 0.15) is 5.82 Å². The van der Waals surface area contributed by atoms with Crippen molar-refractivity contribution in [3.8, 4) is 0 Å². The quantitative estimate of drug-likeness (QED) is 0.775. The van der Waals surface area contributed by atoms with Crippen LogP contribution in [0.4, 0.5) is 10.1 Å². The molecule has 76 valence electrons. The molecule has 4 heteroatoms. The number of nitrogens with zero attached hydrogens (tertiary/aromatic N) is 1. The van der Waals surface area contributed by atoms with Gasteiger partial charge in [-0.25, -0.2) is 4.39 Å². The third kappa shape index (κ3) is 2.23. The molecule has 0 aromatic heterocycles. The first-order valence-electron chi connectivity index (χ1n) is 4.55. The second kappa shape index (κ2) is 4.53. The van der Waals surface area contributed by atoms with Crippen molar-refractivity contribution in [3.63, 3.8) is 0 Å². The second-order valence-corrected chi connectivity index (χ2v) is 5.34. The van der Waals surface area contributed by atoms with Crippen molar-refractivity contribution in [3.05, 3.63) is 28.5 Å². The zero-order chi connectivity index (χ0) is 9.97. The highest BCUT2D eigenvalue weighted by Crippen LogP contribution is 2.25. The van der Waals surface area contributed by atoms with Gasteiger partial charge >= 0.3 is 0 Å². The van der Waals surface area contributed by atoms with Crippen molar-refractivity contribution in [1.82, 2.24) is 0 Å². The van der Waals surface area contributed by atoms with Gasteiger partial charge < -0.3 is 4.90 Å². The number of hydrogen-bond acceptors (Lipinski definition) is 2. The molecule has 1 nitrogen and oxygen atoms in total. The lowest BCUT2D eigenvalue weighted by Gasteiger charge is -2.28. The smallest absolute Gasteiger partial charge is 0.147 e. The molecule has 14 heavy (non-hydrogen) atoms. The molecule has 0 bridgehead atoms. The highest BCUT2D eigenvalue weighted by molar-refractivity contribution is 9.10. The van der Waals surface area contributed by atoms with Gasteiger partial charge in [-0.2, -0.15) is 11.8 Å². The minimum atomic E-state index is -0.133. The van der Waals surface area contributed by atoms with Crippen LogP contribution in [0.25, 0.3) is 0 Å². The van der Waals surface area contributed by atoms with Crippen LogP contribution < -0.4 is 4.90 Å². The lowest BCUT2D eigenvalue weighted by molar-refractivity contribution is 0.619. The van der Waals surface area contributed by atoms with Gasteiger partial charge in [-0.1, -0.05) is 15.9 Å². The zero-order valence-electron chi connectivity index (χ0n) is 7.67. The number of benzene rings is 1. The Hall–Kier alpha value is -0.220. The molecule has 0 saturated carbocycles. The normalized spacial score (nSPS) is 17.1. The topological polar surface area (TPSA) is 3.24 Å². The van der Waals surface area contributed by atoms with Crippen LogP contribution in [0.5, 0.6) is 0 Å². The largest absolute Gasteiger partial charge is 0.368 e. The van der Waals surface area contributed by atoms with E-state index in [1.165, 1.54) is 6.07 Å². The molecule has 0 N–H and O–H groups in total. The van der Waals surface area contributed by atoms with Crippen molar-refractivity contribution in [2.24, 2.45) is 0 Å². The number of halogens is 2.